The minimum atomic E-state index is -4.29. The summed E-state index contributed by atoms with van der Waals surface area (Å²) in [5.41, 5.74) is 1.54. The number of hydrogen-bond donors (Lipinski definition) is 2. The Balaban J connectivity index is 2.64. The van der Waals surface area contributed by atoms with Crippen molar-refractivity contribution in [2.75, 3.05) is 20.3 Å². The van der Waals surface area contributed by atoms with E-state index in [-0.39, 0.29) is 6.61 Å². The fourth-order valence-electron chi connectivity index (χ4n) is 1.54. The minimum absolute atomic E-state index is 0.389. The summed E-state index contributed by atoms with van der Waals surface area (Å²) >= 11 is 0. The number of halogens is 3. The van der Waals surface area contributed by atoms with Crippen LogP contribution in [-0.2, 0) is 11.3 Å². The Morgan fingerprint density at radius 2 is 1.89 bits per heavy atom. The molecular formula is C12H16F3NO2. The molecule has 1 unspecified atom stereocenters. The number of rotatable bonds is 6. The van der Waals surface area contributed by atoms with Gasteiger partial charge in [-0.2, -0.15) is 13.2 Å². The van der Waals surface area contributed by atoms with Crippen molar-refractivity contribution in [2.45, 2.75) is 18.8 Å². The molecule has 0 radical (unpaired) electrons. The summed E-state index contributed by atoms with van der Waals surface area (Å²) in [5.74, 6) is 0. The molecule has 0 aliphatic heterocycles. The predicted molar refractivity (Wildman–Crippen MR) is 61.0 cm³/mol. The molecule has 1 rings (SSSR count). The van der Waals surface area contributed by atoms with Gasteiger partial charge in [0.15, 0.2) is 0 Å². The third kappa shape index (κ3) is 5.03. The number of aliphatic hydroxyl groups is 1. The van der Waals surface area contributed by atoms with Crippen LogP contribution in [0.1, 0.15) is 17.2 Å². The highest BCUT2D eigenvalue weighted by atomic mass is 19.4. The van der Waals surface area contributed by atoms with Gasteiger partial charge in [-0.1, -0.05) is 24.3 Å². The van der Waals surface area contributed by atoms with E-state index in [0.29, 0.717) is 12.2 Å². The monoisotopic (exact) mass is 263 g/mol. The second-order valence-corrected chi connectivity index (χ2v) is 3.91. The molecule has 1 aromatic rings. The summed E-state index contributed by atoms with van der Waals surface area (Å²) in [7, 11) is 1.56. The average molecular weight is 263 g/mol. The molecule has 0 bridgehead atoms. The number of nitrogens with one attached hydrogen (secondary N) is 1. The fraction of sp³-hybridized carbons (Fsp3) is 0.500. The highest BCUT2D eigenvalue weighted by Gasteiger charge is 2.28. The third-order valence-corrected chi connectivity index (χ3v) is 2.42. The first-order chi connectivity index (χ1) is 8.46. The summed E-state index contributed by atoms with van der Waals surface area (Å²) in [4.78, 5) is 0. The zero-order chi connectivity index (χ0) is 13.6. The van der Waals surface area contributed by atoms with Crippen LogP contribution >= 0.6 is 0 Å². The summed E-state index contributed by atoms with van der Waals surface area (Å²) in [5, 5.41) is 11.4. The Hall–Kier alpha value is -1.11. The van der Waals surface area contributed by atoms with Crippen LogP contribution in [0.2, 0.25) is 0 Å². The van der Waals surface area contributed by atoms with Gasteiger partial charge in [-0.05, 0) is 11.1 Å². The molecule has 0 aliphatic rings. The van der Waals surface area contributed by atoms with Gasteiger partial charge >= 0.3 is 6.18 Å². The Kier molecular flexibility index (Phi) is 5.58. The molecule has 6 heteroatoms. The molecule has 3 nitrogen and oxygen atoms in total. The topological polar surface area (TPSA) is 41.5 Å². The zero-order valence-electron chi connectivity index (χ0n) is 10.00. The van der Waals surface area contributed by atoms with E-state index in [1.54, 1.807) is 31.4 Å². The summed E-state index contributed by atoms with van der Waals surface area (Å²) in [6, 6.07) is 6.16. The van der Waals surface area contributed by atoms with Crippen molar-refractivity contribution in [1.29, 1.82) is 0 Å². The van der Waals surface area contributed by atoms with E-state index >= 15 is 0 Å². The number of ether oxygens (including phenoxy) is 1. The molecule has 18 heavy (non-hydrogen) atoms. The molecule has 0 fully saturated rings. The highest BCUT2D eigenvalue weighted by Crippen LogP contribution is 2.18. The number of aliphatic hydroxyl groups excluding tert-OH is 1. The lowest BCUT2D eigenvalue weighted by atomic mass is 10.1. The van der Waals surface area contributed by atoms with Crippen molar-refractivity contribution in [3.8, 4) is 0 Å². The molecule has 0 saturated carbocycles. The van der Waals surface area contributed by atoms with E-state index in [0.717, 1.165) is 5.56 Å². The van der Waals surface area contributed by atoms with Gasteiger partial charge in [0, 0.05) is 7.11 Å². The van der Waals surface area contributed by atoms with Gasteiger partial charge in [0.1, 0.15) is 0 Å². The summed E-state index contributed by atoms with van der Waals surface area (Å²) in [6.07, 6.45) is -4.29. The van der Waals surface area contributed by atoms with E-state index in [9.17, 15) is 13.2 Å². The quantitative estimate of drug-likeness (QED) is 0.825. The maximum absolute atomic E-state index is 12.1. The van der Waals surface area contributed by atoms with Crippen LogP contribution in [0, 0.1) is 0 Å². The largest absolute Gasteiger partial charge is 0.401 e. The Morgan fingerprint density at radius 3 is 2.33 bits per heavy atom. The molecule has 1 atom stereocenters. The third-order valence-electron chi connectivity index (χ3n) is 2.42. The second-order valence-electron chi connectivity index (χ2n) is 3.91. The summed E-state index contributed by atoms with van der Waals surface area (Å²) in [6.45, 7) is -1.07. The first-order valence-electron chi connectivity index (χ1n) is 5.45. The maximum Gasteiger partial charge on any atom is 0.401 e. The second kappa shape index (κ2) is 6.72. The number of benzene rings is 1. The Morgan fingerprint density at radius 1 is 1.28 bits per heavy atom. The maximum atomic E-state index is 12.1. The van der Waals surface area contributed by atoms with Crippen molar-refractivity contribution in [2.24, 2.45) is 0 Å². The Labute approximate surface area is 104 Å². The van der Waals surface area contributed by atoms with Gasteiger partial charge in [-0.3, -0.25) is 5.32 Å². The van der Waals surface area contributed by atoms with Gasteiger partial charge in [0.05, 0.1) is 25.8 Å². The molecule has 0 amide bonds. The molecule has 0 aromatic heterocycles. The van der Waals surface area contributed by atoms with Crippen LogP contribution in [0.4, 0.5) is 13.2 Å². The molecule has 0 saturated heterocycles. The lowest BCUT2D eigenvalue weighted by Crippen LogP contribution is -2.33. The van der Waals surface area contributed by atoms with Crippen LogP contribution in [0.3, 0.4) is 0 Å². The molecule has 0 heterocycles. The molecule has 2 N–H and O–H groups in total. The van der Waals surface area contributed by atoms with E-state index in [1.165, 1.54) is 0 Å². The number of methoxy groups -OCH3 is 1. The van der Waals surface area contributed by atoms with Crippen LogP contribution < -0.4 is 5.32 Å². The summed E-state index contributed by atoms with van der Waals surface area (Å²) < 4.78 is 41.1. The van der Waals surface area contributed by atoms with Crippen LogP contribution in [-0.4, -0.2) is 31.5 Å². The molecule has 1 aromatic carbocycles. The Bertz CT molecular complexity index is 351. The molecule has 102 valence electrons. The standard InChI is InChI=1S/C12H16F3NO2/c1-18-7-9-2-4-10(5-3-9)11(6-17)16-8-12(13,14)15/h2-5,11,16-17H,6-8H2,1H3. The lowest BCUT2D eigenvalue weighted by Gasteiger charge is -2.18. The highest BCUT2D eigenvalue weighted by molar-refractivity contribution is 5.24. The smallest absolute Gasteiger partial charge is 0.394 e. The van der Waals surface area contributed by atoms with E-state index in [4.69, 9.17) is 9.84 Å². The van der Waals surface area contributed by atoms with Gasteiger partial charge < -0.3 is 9.84 Å². The van der Waals surface area contributed by atoms with Crippen LogP contribution in [0.15, 0.2) is 24.3 Å². The van der Waals surface area contributed by atoms with Gasteiger partial charge in [-0.25, -0.2) is 0 Å². The zero-order valence-corrected chi connectivity index (χ0v) is 10.00. The lowest BCUT2D eigenvalue weighted by molar-refractivity contribution is -0.126. The van der Waals surface area contributed by atoms with Crippen LogP contribution in [0.25, 0.3) is 0 Å². The van der Waals surface area contributed by atoms with E-state index in [2.05, 4.69) is 5.32 Å². The first kappa shape index (κ1) is 14.9. The van der Waals surface area contributed by atoms with Crippen molar-refractivity contribution >= 4 is 0 Å². The minimum Gasteiger partial charge on any atom is -0.394 e. The predicted octanol–water partition coefficient (Wildman–Crippen LogP) is 2.02. The van der Waals surface area contributed by atoms with Crippen LogP contribution in [0.5, 0.6) is 0 Å². The average Bonchev–Trinajstić information content (AvgIpc) is 2.31. The van der Waals surface area contributed by atoms with Gasteiger partial charge in [0.2, 0.25) is 0 Å². The molecule has 0 aliphatic carbocycles. The van der Waals surface area contributed by atoms with E-state index < -0.39 is 18.8 Å². The van der Waals surface area contributed by atoms with Crippen molar-refractivity contribution in [3.05, 3.63) is 35.4 Å². The van der Waals surface area contributed by atoms with E-state index in [1.807, 2.05) is 0 Å². The van der Waals surface area contributed by atoms with Gasteiger partial charge in [0.25, 0.3) is 0 Å². The SMILES string of the molecule is COCc1ccc(C(CO)NCC(F)(F)F)cc1. The number of alkyl halides is 3. The van der Waals surface area contributed by atoms with Crippen molar-refractivity contribution < 1.29 is 23.0 Å². The first-order valence-corrected chi connectivity index (χ1v) is 5.45. The van der Waals surface area contributed by atoms with Crippen molar-refractivity contribution in [1.82, 2.24) is 5.32 Å². The van der Waals surface area contributed by atoms with Gasteiger partial charge in [-0.15, -0.1) is 0 Å². The molecular weight excluding hydrogens is 247 g/mol. The molecule has 0 spiro atoms. The normalized spacial score (nSPS) is 13.6. The van der Waals surface area contributed by atoms with Crippen molar-refractivity contribution in [3.63, 3.8) is 0 Å². The fourth-order valence-corrected chi connectivity index (χ4v) is 1.54. The number of hydrogen-bond acceptors (Lipinski definition) is 3.